The van der Waals surface area contributed by atoms with Gasteiger partial charge in [0, 0.05) is 4.53 Å². The van der Waals surface area contributed by atoms with Crippen molar-refractivity contribution in [2.75, 3.05) is 0 Å². The molecule has 0 aromatic carbocycles. The minimum Gasteiger partial charge on any atom is -0.313 e. The van der Waals surface area contributed by atoms with E-state index in [0.29, 0.717) is 5.35 Å². The first-order valence-electron chi connectivity index (χ1n) is 2.07. The van der Waals surface area contributed by atoms with Gasteiger partial charge in [0.15, 0.2) is 0 Å². The van der Waals surface area contributed by atoms with Gasteiger partial charge in [-0.15, -0.1) is 0 Å². The fraction of sp³-hybridized carbons (Fsp3) is 0. The van der Waals surface area contributed by atoms with Crippen molar-refractivity contribution in [3.05, 3.63) is 19.5 Å². The Kier molecular flexibility index (Phi) is 1.06. The Morgan fingerprint density at radius 1 is 1.50 bits per heavy atom. The zero-order chi connectivity index (χ0) is 6.15. The molecule has 0 unspecified atom stereocenters. The van der Waals surface area contributed by atoms with E-state index in [2.05, 4.69) is 18.1 Å². The van der Waals surface area contributed by atoms with E-state index in [4.69, 9.17) is 0 Å². The van der Waals surface area contributed by atoms with Crippen LogP contribution in [-0.2, 0) is 0 Å². The summed E-state index contributed by atoms with van der Waals surface area (Å²) in [4.78, 5) is 12.8. The molecular weight excluding hydrogens is 122 g/mol. The number of H-pyrrole nitrogens is 1. The molecule has 0 saturated carbocycles. The van der Waals surface area contributed by atoms with Gasteiger partial charge in [-0.1, -0.05) is 24.5 Å². The maximum Gasteiger partial charge on any atom is 0.305 e. The van der Waals surface area contributed by atoms with Gasteiger partial charge in [-0.3, -0.25) is 4.79 Å². The normalized spacial score (nSPS) is 9.50. The average Bonchev–Trinajstić information content (AvgIpc) is 1.85. The fourth-order valence-corrected chi connectivity index (χ4v) is 0.964. The Labute approximate surface area is 49.8 Å². The van der Waals surface area contributed by atoms with Gasteiger partial charge in [0.1, 0.15) is 0 Å². The zero-order valence-electron chi connectivity index (χ0n) is 4.23. The summed E-state index contributed by atoms with van der Waals surface area (Å²) in [6, 6.07) is 0. The van der Waals surface area contributed by atoms with Crippen molar-refractivity contribution in [2.45, 2.75) is 0 Å². The van der Waals surface area contributed by atoms with E-state index < -0.39 is 0 Å². The second-order valence-electron chi connectivity index (χ2n) is 1.42. The lowest BCUT2D eigenvalue weighted by atomic mass is 10.7. The summed E-state index contributed by atoms with van der Waals surface area (Å²) < 4.78 is 0.718. The highest BCUT2D eigenvalue weighted by molar-refractivity contribution is 7.06. The molecule has 0 aliphatic carbocycles. The van der Waals surface area contributed by atoms with Crippen LogP contribution in [0.25, 0.3) is 13.2 Å². The van der Waals surface area contributed by atoms with Crippen LogP contribution in [0.15, 0.2) is 4.79 Å². The lowest BCUT2D eigenvalue weighted by Gasteiger charge is -1.59. The molecule has 0 saturated heterocycles. The molecule has 1 N–H and O–H groups in total. The van der Waals surface area contributed by atoms with Gasteiger partial charge in [0.25, 0.3) is 0 Å². The molecule has 0 spiro atoms. The van der Waals surface area contributed by atoms with Crippen molar-refractivity contribution in [3.8, 4) is 0 Å². The first-order chi connectivity index (χ1) is 3.70. The number of thiazole rings is 1. The van der Waals surface area contributed by atoms with Gasteiger partial charge in [0.05, 0.1) is 5.35 Å². The maximum atomic E-state index is 10.4. The molecule has 0 fully saturated rings. The summed E-state index contributed by atoms with van der Waals surface area (Å²) in [5.74, 6) is 0. The van der Waals surface area contributed by atoms with Crippen LogP contribution in [-0.4, -0.2) is 4.98 Å². The summed E-state index contributed by atoms with van der Waals surface area (Å²) in [5.41, 5.74) is 0. The summed E-state index contributed by atoms with van der Waals surface area (Å²) in [7, 11) is 0. The third-order valence-corrected chi connectivity index (χ3v) is 1.59. The van der Waals surface area contributed by atoms with E-state index in [1.165, 1.54) is 0 Å². The fourth-order valence-electron chi connectivity index (χ4n) is 0.392. The van der Waals surface area contributed by atoms with Crippen LogP contribution >= 0.6 is 11.3 Å². The number of hydrogen-bond acceptors (Lipinski definition) is 2. The molecule has 3 heteroatoms. The highest BCUT2D eigenvalue weighted by Gasteiger charge is 1.83. The van der Waals surface area contributed by atoms with Gasteiger partial charge in [-0.05, 0) is 0 Å². The summed E-state index contributed by atoms with van der Waals surface area (Å²) in [6.45, 7) is 7.10. The van der Waals surface area contributed by atoms with Crippen LogP contribution in [0.2, 0.25) is 0 Å². The average molecular weight is 127 g/mol. The molecule has 2 nitrogen and oxygen atoms in total. The molecule has 1 aromatic rings. The van der Waals surface area contributed by atoms with Crippen LogP contribution in [0.4, 0.5) is 0 Å². The van der Waals surface area contributed by atoms with Crippen molar-refractivity contribution in [1.29, 1.82) is 0 Å². The van der Waals surface area contributed by atoms with Gasteiger partial charge >= 0.3 is 4.87 Å². The molecule has 0 amide bonds. The number of aromatic amines is 1. The number of nitrogens with one attached hydrogen (secondary N) is 1. The molecule has 0 aliphatic heterocycles. The Bertz CT molecular complexity index is 290. The second-order valence-corrected chi connectivity index (χ2v) is 2.48. The van der Waals surface area contributed by atoms with Crippen LogP contribution in [0.1, 0.15) is 0 Å². The largest absolute Gasteiger partial charge is 0.313 e. The molecule has 8 heavy (non-hydrogen) atoms. The lowest BCUT2D eigenvalue weighted by Crippen LogP contribution is -2.17. The molecular formula is C5H5NOS. The molecule has 0 bridgehead atoms. The maximum absolute atomic E-state index is 10.4. The first-order valence-corrected chi connectivity index (χ1v) is 2.89. The topological polar surface area (TPSA) is 32.9 Å². The predicted octanol–water partition coefficient (Wildman–Crippen LogP) is -0.743. The van der Waals surface area contributed by atoms with E-state index in [-0.39, 0.29) is 4.87 Å². The van der Waals surface area contributed by atoms with Crippen LogP contribution in [0.5, 0.6) is 0 Å². The second kappa shape index (κ2) is 1.59. The van der Waals surface area contributed by atoms with Crippen molar-refractivity contribution >= 4 is 24.5 Å². The Balaban J connectivity index is 3.86. The monoisotopic (exact) mass is 127 g/mol. The lowest BCUT2D eigenvalue weighted by molar-refractivity contribution is 1.27. The van der Waals surface area contributed by atoms with E-state index in [0.717, 1.165) is 15.9 Å². The van der Waals surface area contributed by atoms with Gasteiger partial charge in [-0.2, -0.15) is 0 Å². The van der Waals surface area contributed by atoms with E-state index in [1.54, 1.807) is 0 Å². The van der Waals surface area contributed by atoms with E-state index in [9.17, 15) is 4.79 Å². The van der Waals surface area contributed by atoms with Gasteiger partial charge in [0.2, 0.25) is 0 Å². The van der Waals surface area contributed by atoms with Crippen LogP contribution in [0, 0.1) is 0 Å². The number of hydrogen-bond donors (Lipinski definition) is 1. The molecule has 1 aromatic heterocycles. The molecule has 0 atom stereocenters. The predicted molar refractivity (Wildman–Crippen MR) is 35.2 cm³/mol. The first kappa shape index (κ1) is 5.31. The standard InChI is InChI=1S/C5H5NOS/c1-3-4(2)8-5(7)6-3/h1-2H2,(H,6,7). The smallest absolute Gasteiger partial charge is 0.305 e. The number of aromatic nitrogens is 1. The highest BCUT2D eigenvalue weighted by Crippen LogP contribution is 1.57. The van der Waals surface area contributed by atoms with Crippen LogP contribution < -0.4 is 14.8 Å². The van der Waals surface area contributed by atoms with Crippen LogP contribution in [0.3, 0.4) is 0 Å². The van der Waals surface area contributed by atoms with Crippen molar-refractivity contribution < 1.29 is 0 Å². The summed E-state index contributed by atoms with van der Waals surface area (Å²) in [5, 5.41) is 0.625. The third-order valence-electron chi connectivity index (χ3n) is 0.805. The Hall–Kier alpha value is -0.830. The van der Waals surface area contributed by atoms with Gasteiger partial charge in [-0.25, -0.2) is 0 Å². The summed E-state index contributed by atoms with van der Waals surface area (Å²) in [6.07, 6.45) is 0. The summed E-state index contributed by atoms with van der Waals surface area (Å²) >= 11 is 1.08. The van der Waals surface area contributed by atoms with Gasteiger partial charge < -0.3 is 4.98 Å². The van der Waals surface area contributed by atoms with E-state index in [1.807, 2.05) is 0 Å². The minimum atomic E-state index is -0.0833. The number of rotatable bonds is 0. The Morgan fingerprint density at radius 2 is 2.12 bits per heavy atom. The third kappa shape index (κ3) is 0.721. The highest BCUT2D eigenvalue weighted by atomic mass is 32.1. The quantitative estimate of drug-likeness (QED) is 0.489. The zero-order valence-corrected chi connectivity index (χ0v) is 5.05. The van der Waals surface area contributed by atoms with Crippen molar-refractivity contribution in [3.63, 3.8) is 0 Å². The molecule has 1 rings (SSSR count). The molecule has 0 aliphatic rings. The Morgan fingerprint density at radius 3 is 2.25 bits per heavy atom. The van der Waals surface area contributed by atoms with Crippen molar-refractivity contribution in [2.24, 2.45) is 0 Å². The minimum absolute atomic E-state index is 0.0833. The van der Waals surface area contributed by atoms with Crippen molar-refractivity contribution in [1.82, 2.24) is 4.98 Å². The SMILES string of the molecule is C=c1[nH]c(=O)sc1=C. The molecule has 42 valence electrons. The molecule has 0 radical (unpaired) electrons. The van der Waals surface area contributed by atoms with E-state index >= 15 is 0 Å². The molecule has 1 heterocycles.